The Bertz CT molecular complexity index is 1000. The van der Waals surface area contributed by atoms with Gasteiger partial charge >= 0.3 is 12.2 Å². The van der Waals surface area contributed by atoms with Crippen molar-refractivity contribution >= 4 is 41.8 Å². The average Bonchev–Trinajstić information content (AvgIpc) is 3.14. The molecule has 1 aromatic heterocycles. The van der Waals surface area contributed by atoms with Crippen molar-refractivity contribution in [2.75, 3.05) is 9.62 Å². The Kier molecular flexibility index (Phi) is 5.57. The van der Waals surface area contributed by atoms with E-state index in [0.717, 1.165) is 26.8 Å². The number of rotatable bonds is 3. The van der Waals surface area contributed by atoms with Crippen LogP contribution in [-0.2, 0) is 6.18 Å². The monoisotopic (exact) mass is 426 g/mol. The second kappa shape index (κ2) is 7.76. The van der Waals surface area contributed by atoms with E-state index in [1.807, 2.05) is 0 Å². The Morgan fingerprint density at radius 2 is 1.86 bits per heavy atom. The zero-order chi connectivity index (χ0) is 20.5. The first-order valence-corrected chi connectivity index (χ1v) is 8.72. The molecule has 3 aromatic rings. The summed E-state index contributed by atoms with van der Waals surface area (Å²) in [7, 11) is 0. The van der Waals surface area contributed by atoms with Crippen molar-refractivity contribution in [2.45, 2.75) is 13.1 Å². The van der Waals surface area contributed by atoms with Gasteiger partial charge in [-0.05, 0) is 55.0 Å². The number of anilines is 2. The number of halogens is 4. The summed E-state index contributed by atoms with van der Waals surface area (Å²) in [4.78, 5) is 12.4. The number of aryl methyl sites for hydroxylation is 1. The van der Waals surface area contributed by atoms with Crippen LogP contribution in [0.4, 0.5) is 29.3 Å². The molecule has 0 saturated heterocycles. The maximum absolute atomic E-state index is 13.0. The summed E-state index contributed by atoms with van der Waals surface area (Å²) in [6, 6.07) is 11.2. The number of alkyl halides is 3. The van der Waals surface area contributed by atoms with Gasteiger partial charge in [0.05, 0.1) is 17.6 Å². The highest BCUT2D eigenvalue weighted by Crippen LogP contribution is 2.31. The predicted molar refractivity (Wildman–Crippen MR) is 105 cm³/mol. The molecule has 0 aliphatic carbocycles. The number of nitrogens with zero attached hydrogens (tertiary/aromatic N) is 3. The summed E-state index contributed by atoms with van der Waals surface area (Å²) in [5, 5.41) is 6.78. The summed E-state index contributed by atoms with van der Waals surface area (Å²) >= 11 is 10.2. The number of thiol groups is 1. The van der Waals surface area contributed by atoms with Gasteiger partial charge in [-0.25, -0.2) is 13.8 Å². The van der Waals surface area contributed by atoms with Crippen LogP contribution in [-0.4, -0.2) is 15.8 Å². The van der Waals surface area contributed by atoms with E-state index in [9.17, 15) is 18.0 Å². The molecular formula is C18H14ClF3N4OS. The maximum atomic E-state index is 13.0. The molecule has 0 spiro atoms. The largest absolute Gasteiger partial charge is 0.433 e. The quantitative estimate of drug-likeness (QED) is 0.525. The number of benzene rings is 2. The van der Waals surface area contributed by atoms with Gasteiger partial charge in [0, 0.05) is 10.7 Å². The zero-order valence-corrected chi connectivity index (χ0v) is 16.1. The minimum absolute atomic E-state index is 0.212. The maximum Gasteiger partial charge on any atom is 0.433 e. The molecule has 0 saturated carbocycles. The van der Waals surface area contributed by atoms with E-state index in [0.29, 0.717) is 16.4 Å². The number of hydrogen-bond acceptors (Lipinski definition) is 3. The first kappa shape index (κ1) is 20.1. The topological polar surface area (TPSA) is 50.2 Å². The van der Waals surface area contributed by atoms with Crippen molar-refractivity contribution < 1.29 is 18.0 Å². The number of carbonyl (C=O) groups excluding carboxylic acids is 1. The van der Waals surface area contributed by atoms with Crippen molar-refractivity contribution in [3.63, 3.8) is 0 Å². The van der Waals surface area contributed by atoms with Gasteiger partial charge < -0.3 is 5.32 Å². The molecule has 28 heavy (non-hydrogen) atoms. The Labute approximate surface area is 169 Å². The van der Waals surface area contributed by atoms with E-state index in [1.54, 1.807) is 25.1 Å². The molecule has 0 bridgehead atoms. The third kappa shape index (κ3) is 4.26. The lowest BCUT2D eigenvalue weighted by Crippen LogP contribution is -2.27. The van der Waals surface area contributed by atoms with Crippen LogP contribution in [0.2, 0.25) is 5.02 Å². The van der Waals surface area contributed by atoms with Gasteiger partial charge in [0.15, 0.2) is 0 Å². The molecule has 10 heteroatoms. The van der Waals surface area contributed by atoms with Crippen LogP contribution in [0.15, 0.2) is 54.7 Å². The number of aromatic nitrogens is 2. The lowest BCUT2D eigenvalue weighted by molar-refractivity contribution is -0.142. The van der Waals surface area contributed by atoms with Gasteiger partial charge in [-0.2, -0.15) is 18.3 Å². The SMILES string of the molecule is Cc1ccc(Cl)cc1N(S)C(=O)Nc1ccc(-n2nccc2C(F)(F)F)cc1. The predicted octanol–water partition coefficient (Wildman–Crippen LogP) is 5.74. The lowest BCUT2D eigenvalue weighted by atomic mass is 10.2. The van der Waals surface area contributed by atoms with Crippen molar-refractivity contribution in [1.29, 1.82) is 0 Å². The lowest BCUT2D eigenvalue weighted by Gasteiger charge is -2.19. The van der Waals surface area contributed by atoms with E-state index in [4.69, 9.17) is 11.6 Å². The molecule has 3 rings (SSSR count). The highest BCUT2D eigenvalue weighted by atomic mass is 35.5. The van der Waals surface area contributed by atoms with Gasteiger partial charge in [0.2, 0.25) is 0 Å². The Hall–Kier alpha value is -2.65. The number of hydrogen-bond donors (Lipinski definition) is 2. The van der Waals surface area contributed by atoms with Crippen molar-refractivity contribution in [3.05, 3.63) is 71.0 Å². The van der Waals surface area contributed by atoms with Crippen LogP contribution in [0.25, 0.3) is 5.69 Å². The van der Waals surface area contributed by atoms with Crippen LogP contribution >= 0.6 is 24.4 Å². The average molecular weight is 427 g/mol. The second-order valence-corrected chi connectivity index (χ2v) is 6.68. The highest BCUT2D eigenvalue weighted by molar-refractivity contribution is 7.82. The summed E-state index contributed by atoms with van der Waals surface area (Å²) in [5.41, 5.74) is 1.01. The van der Waals surface area contributed by atoms with Gasteiger partial charge in [-0.3, -0.25) is 0 Å². The van der Waals surface area contributed by atoms with Gasteiger partial charge in [0.25, 0.3) is 0 Å². The van der Waals surface area contributed by atoms with E-state index in [1.165, 1.54) is 24.3 Å². The molecule has 1 heterocycles. The molecule has 0 aliphatic rings. The fourth-order valence-corrected chi connectivity index (χ4v) is 2.94. The molecule has 0 atom stereocenters. The normalized spacial score (nSPS) is 11.4. The Balaban J connectivity index is 1.77. The molecule has 5 nitrogen and oxygen atoms in total. The summed E-state index contributed by atoms with van der Waals surface area (Å²) in [5.74, 6) is 0. The number of amides is 2. The first-order chi connectivity index (χ1) is 13.2. The van der Waals surface area contributed by atoms with Crippen LogP contribution < -0.4 is 9.62 Å². The summed E-state index contributed by atoms with van der Waals surface area (Å²) < 4.78 is 40.9. The third-order valence-corrected chi connectivity index (χ3v) is 4.52. The van der Waals surface area contributed by atoms with E-state index < -0.39 is 17.9 Å². The molecule has 0 radical (unpaired) electrons. The number of urea groups is 1. The zero-order valence-electron chi connectivity index (χ0n) is 14.4. The molecule has 2 aromatic carbocycles. The fraction of sp³-hybridized carbons (Fsp3) is 0.111. The van der Waals surface area contributed by atoms with Gasteiger partial charge in [-0.1, -0.05) is 30.5 Å². The Morgan fingerprint density at radius 3 is 2.50 bits per heavy atom. The molecular weight excluding hydrogens is 413 g/mol. The molecule has 0 aliphatic heterocycles. The standard InChI is InChI=1S/C18H14ClF3N4OS/c1-11-2-3-12(19)10-15(11)26(28)17(27)24-13-4-6-14(7-5-13)25-16(8-9-23-25)18(20,21)22/h2-10,28H,1H3,(H,24,27). The van der Waals surface area contributed by atoms with Crippen molar-refractivity contribution in [3.8, 4) is 5.69 Å². The van der Waals surface area contributed by atoms with E-state index in [-0.39, 0.29) is 5.69 Å². The van der Waals surface area contributed by atoms with Crippen molar-refractivity contribution in [2.24, 2.45) is 0 Å². The summed E-state index contributed by atoms with van der Waals surface area (Å²) in [6.07, 6.45) is -3.45. The minimum atomic E-state index is -4.52. The molecule has 1 N–H and O–H groups in total. The second-order valence-electron chi connectivity index (χ2n) is 5.85. The van der Waals surface area contributed by atoms with Crippen molar-refractivity contribution in [1.82, 2.24) is 9.78 Å². The van der Waals surface area contributed by atoms with Crippen LogP contribution in [0.5, 0.6) is 0 Å². The molecule has 2 amide bonds. The number of nitrogens with one attached hydrogen (secondary N) is 1. The van der Waals surface area contributed by atoms with Crippen LogP contribution in [0.3, 0.4) is 0 Å². The Morgan fingerprint density at radius 1 is 1.18 bits per heavy atom. The molecule has 146 valence electrons. The third-order valence-electron chi connectivity index (χ3n) is 3.89. The summed E-state index contributed by atoms with van der Waals surface area (Å²) in [6.45, 7) is 1.80. The van der Waals surface area contributed by atoms with E-state index >= 15 is 0 Å². The first-order valence-electron chi connectivity index (χ1n) is 7.94. The van der Waals surface area contributed by atoms with Crippen LogP contribution in [0.1, 0.15) is 11.3 Å². The molecule has 0 fully saturated rings. The number of carbonyl (C=O) groups is 1. The minimum Gasteiger partial charge on any atom is -0.307 e. The van der Waals surface area contributed by atoms with Crippen LogP contribution in [0, 0.1) is 6.92 Å². The smallest absolute Gasteiger partial charge is 0.307 e. The van der Waals surface area contributed by atoms with Gasteiger partial charge in [0.1, 0.15) is 5.69 Å². The molecule has 0 unspecified atom stereocenters. The highest BCUT2D eigenvalue weighted by Gasteiger charge is 2.35. The fourth-order valence-electron chi connectivity index (χ4n) is 2.51. The van der Waals surface area contributed by atoms with E-state index in [2.05, 4.69) is 23.2 Å². The van der Waals surface area contributed by atoms with Gasteiger partial charge in [-0.15, -0.1) is 0 Å².